The van der Waals surface area contributed by atoms with Crippen LogP contribution in [0.5, 0.6) is 0 Å². The van der Waals surface area contributed by atoms with E-state index in [-0.39, 0.29) is 0 Å². The fourth-order valence-electron chi connectivity index (χ4n) is 2.74. The van der Waals surface area contributed by atoms with E-state index < -0.39 is 23.6 Å². The van der Waals surface area contributed by atoms with Gasteiger partial charge in [-0.25, -0.2) is 4.39 Å². The molecule has 112 valence electrons. The van der Waals surface area contributed by atoms with Gasteiger partial charge in [0, 0.05) is 19.1 Å². The van der Waals surface area contributed by atoms with Gasteiger partial charge in [0.1, 0.15) is 11.7 Å². The number of hydrogen-bond acceptors (Lipinski definition) is 3. The summed E-state index contributed by atoms with van der Waals surface area (Å²) in [5.74, 6) is -3.21. The molecule has 1 aromatic carbocycles. The van der Waals surface area contributed by atoms with Crippen molar-refractivity contribution in [1.29, 1.82) is 0 Å². The fraction of sp³-hybridized carbons (Fsp3) is 0.467. The predicted octanol–water partition coefficient (Wildman–Crippen LogP) is 1.86. The Balaban J connectivity index is 1.97. The van der Waals surface area contributed by atoms with Crippen LogP contribution in [0.1, 0.15) is 19.8 Å². The molecule has 3 rings (SSSR count). The number of benzene rings is 1. The van der Waals surface area contributed by atoms with E-state index in [0.717, 1.165) is 18.5 Å². The number of carbonyl (C=O) groups is 2. The summed E-state index contributed by atoms with van der Waals surface area (Å²) in [6.45, 7) is 2.40. The van der Waals surface area contributed by atoms with Crippen LogP contribution in [0.4, 0.5) is 15.8 Å². The average Bonchev–Trinajstić information content (AvgIpc) is 3.28. The Morgan fingerprint density at radius 3 is 2.62 bits per heavy atom. The molecule has 21 heavy (non-hydrogen) atoms. The molecule has 6 heteroatoms. The lowest BCUT2D eigenvalue weighted by atomic mass is 10.1. The molecule has 1 atom stereocenters. The molecule has 0 aromatic heterocycles. The Kier molecular flexibility index (Phi) is 3.31. The molecule has 0 spiro atoms. The normalized spacial score (nSPS) is 19.1. The highest BCUT2D eigenvalue weighted by Crippen LogP contribution is 2.40. The molecule has 1 heterocycles. The summed E-state index contributed by atoms with van der Waals surface area (Å²) in [6, 6.07) is 4.83. The average molecular weight is 292 g/mol. The summed E-state index contributed by atoms with van der Waals surface area (Å²) >= 11 is 0. The lowest BCUT2D eigenvalue weighted by Crippen LogP contribution is -2.47. The van der Waals surface area contributed by atoms with Crippen molar-refractivity contribution in [3.05, 3.63) is 24.0 Å². The Morgan fingerprint density at radius 2 is 2.00 bits per heavy atom. The van der Waals surface area contributed by atoms with Crippen LogP contribution < -0.4 is 9.80 Å². The van der Waals surface area contributed by atoms with Crippen LogP contribution in [-0.2, 0) is 9.59 Å². The molecule has 0 radical (unpaired) electrons. The zero-order chi connectivity index (χ0) is 15.1. The molecule has 1 aromatic rings. The van der Waals surface area contributed by atoms with Gasteiger partial charge in [-0.3, -0.25) is 9.59 Å². The van der Waals surface area contributed by atoms with Crippen molar-refractivity contribution in [2.45, 2.75) is 25.8 Å². The van der Waals surface area contributed by atoms with Gasteiger partial charge in [0.25, 0.3) is 0 Å². The first-order valence-electron chi connectivity index (χ1n) is 7.09. The molecule has 0 bridgehead atoms. The van der Waals surface area contributed by atoms with E-state index in [1.807, 2.05) is 0 Å². The van der Waals surface area contributed by atoms with E-state index >= 15 is 0 Å². The van der Waals surface area contributed by atoms with E-state index in [1.54, 1.807) is 6.07 Å². The largest absolute Gasteiger partial charge is 0.481 e. The minimum absolute atomic E-state index is 0.392. The second kappa shape index (κ2) is 5.02. The van der Waals surface area contributed by atoms with Gasteiger partial charge in [0.05, 0.1) is 11.4 Å². The second-order valence-corrected chi connectivity index (χ2v) is 5.61. The Hall–Kier alpha value is -2.11. The number of aliphatic carboxylic acids is 1. The maximum absolute atomic E-state index is 13.6. The smallest absolute Gasteiger partial charge is 0.315 e. The third kappa shape index (κ3) is 2.46. The summed E-state index contributed by atoms with van der Waals surface area (Å²) in [4.78, 5) is 26.9. The minimum Gasteiger partial charge on any atom is -0.481 e. The highest BCUT2D eigenvalue weighted by Gasteiger charge is 2.37. The topological polar surface area (TPSA) is 60.9 Å². The molecular formula is C15H17FN2O3. The van der Waals surface area contributed by atoms with Gasteiger partial charge in [-0.05, 0) is 38.0 Å². The first-order chi connectivity index (χ1) is 9.99. The molecule has 1 aliphatic carbocycles. The van der Waals surface area contributed by atoms with Gasteiger partial charge < -0.3 is 14.9 Å². The number of fused-ring (bicyclic) bond motifs is 1. The number of hydrogen-bond donors (Lipinski definition) is 1. The van der Waals surface area contributed by atoms with Crippen molar-refractivity contribution in [1.82, 2.24) is 0 Å². The van der Waals surface area contributed by atoms with E-state index in [0.29, 0.717) is 24.8 Å². The van der Waals surface area contributed by atoms with Crippen LogP contribution in [0.2, 0.25) is 0 Å². The lowest BCUT2D eigenvalue weighted by Gasteiger charge is -2.38. The van der Waals surface area contributed by atoms with Gasteiger partial charge >= 0.3 is 5.97 Å². The Morgan fingerprint density at radius 1 is 1.29 bits per heavy atom. The summed E-state index contributed by atoms with van der Waals surface area (Å²) in [5, 5.41) is 9.00. The zero-order valence-electron chi connectivity index (χ0n) is 11.8. The first-order valence-corrected chi connectivity index (χ1v) is 7.09. The minimum atomic E-state index is -1.16. The molecule has 1 aliphatic heterocycles. The second-order valence-electron chi connectivity index (χ2n) is 5.61. The van der Waals surface area contributed by atoms with Crippen molar-refractivity contribution >= 4 is 23.3 Å². The van der Waals surface area contributed by atoms with E-state index in [9.17, 15) is 14.0 Å². The highest BCUT2D eigenvalue weighted by atomic mass is 19.1. The maximum Gasteiger partial charge on any atom is 0.315 e. The summed E-state index contributed by atoms with van der Waals surface area (Å²) in [7, 11) is 0. The maximum atomic E-state index is 13.6. The standard InChI is InChI=1S/C15H17FN2O3/c1-9(15(20)21)14(19)18-7-6-17(11-3-4-11)12-5-2-10(16)8-13(12)18/h2,5,8-9,11H,3-4,6-7H2,1H3,(H,20,21). The lowest BCUT2D eigenvalue weighted by molar-refractivity contribution is -0.145. The van der Waals surface area contributed by atoms with Crippen LogP contribution in [0.3, 0.4) is 0 Å². The highest BCUT2D eigenvalue weighted by molar-refractivity contribution is 6.07. The Labute approximate surface area is 122 Å². The van der Waals surface area contributed by atoms with Gasteiger partial charge in [0.15, 0.2) is 0 Å². The van der Waals surface area contributed by atoms with Crippen molar-refractivity contribution < 1.29 is 19.1 Å². The number of anilines is 2. The first kappa shape index (κ1) is 13.9. The molecule has 1 fully saturated rings. The molecule has 1 amide bonds. The van der Waals surface area contributed by atoms with Crippen LogP contribution >= 0.6 is 0 Å². The van der Waals surface area contributed by atoms with Crippen LogP contribution in [0.25, 0.3) is 0 Å². The van der Waals surface area contributed by atoms with E-state index in [1.165, 1.54) is 24.0 Å². The summed E-state index contributed by atoms with van der Waals surface area (Å²) < 4.78 is 13.6. The number of nitrogens with zero attached hydrogens (tertiary/aromatic N) is 2. The number of halogens is 1. The number of amides is 1. The van der Waals surface area contributed by atoms with Gasteiger partial charge in [0.2, 0.25) is 5.91 Å². The van der Waals surface area contributed by atoms with Crippen molar-refractivity contribution in [2.75, 3.05) is 22.9 Å². The molecule has 1 N–H and O–H groups in total. The monoisotopic (exact) mass is 292 g/mol. The van der Waals surface area contributed by atoms with Crippen LogP contribution in [0, 0.1) is 11.7 Å². The third-order valence-corrected chi connectivity index (χ3v) is 4.10. The van der Waals surface area contributed by atoms with Crippen LogP contribution in [-0.4, -0.2) is 36.1 Å². The van der Waals surface area contributed by atoms with Crippen molar-refractivity contribution in [3.8, 4) is 0 Å². The molecular weight excluding hydrogens is 275 g/mol. The quantitative estimate of drug-likeness (QED) is 0.864. The van der Waals surface area contributed by atoms with Gasteiger partial charge in [-0.2, -0.15) is 0 Å². The molecule has 1 saturated carbocycles. The number of carbonyl (C=O) groups excluding carboxylic acids is 1. The molecule has 1 unspecified atom stereocenters. The zero-order valence-corrected chi connectivity index (χ0v) is 11.8. The summed E-state index contributed by atoms with van der Waals surface area (Å²) in [5.41, 5.74) is 1.29. The summed E-state index contributed by atoms with van der Waals surface area (Å²) in [6.07, 6.45) is 2.21. The van der Waals surface area contributed by atoms with E-state index in [4.69, 9.17) is 5.11 Å². The molecule has 5 nitrogen and oxygen atoms in total. The molecule has 2 aliphatic rings. The van der Waals surface area contributed by atoms with Gasteiger partial charge in [-0.1, -0.05) is 0 Å². The van der Waals surface area contributed by atoms with Crippen LogP contribution in [0.15, 0.2) is 18.2 Å². The third-order valence-electron chi connectivity index (χ3n) is 4.10. The van der Waals surface area contributed by atoms with Crippen molar-refractivity contribution in [3.63, 3.8) is 0 Å². The van der Waals surface area contributed by atoms with Gasteiger partial charge in [-0.15, -0.1) is 0 Å². The predicted molar refractivity (Wildman–Crippen MR) is 75.9 cm³/mol. The number of carboxylic acids is 1. The van der Waals surface area contributed by atoms with E-state index in [2.05, 4.69) is 4.90 Å². The molecule has 0 saturated heterocycles. The SMILES string of the molecule is CC(C(=O)O)C(=O)N1CCN(C2CC2)c2ccc(F)cc21. The fourth-order valence-corrected chi connectivity index (χ4v) is 2.74. The number of rotatable bonds is 3. The Bertz CT molecular complexity index is 601. The number of carboxylic acid groups (broad SMARTS) is 1. The van der Waals surface area contributed by atoms with Crippen molar-refractivity contribution in [2.24, 2.45) is 5.92 Å².